The lowest BCUT2D eigenvalue weighted by atomic mass is 10.2. The summed E-state index contributed by atoms with van der Waals surface area (Å²) in [6, 6.07) is 11.9. The van der Waals surface area contributed by atoms with Crippen LogP contribution in [-0.4, -0.2) is 28.6 Å². The minimum absolute atomic E-state index is 0.0170. The molecule has 0 fully saturated rings. The van der Waals surface area contributed by atoms with Crippen molar-refractivity contribution in [2.24, 2.45) is 5.92 Å². The van der Waals surface area contributed by atoms with Gasteiger partial charge in [0.25, 0.3) is 0 Å². The van der Waals surface area contributed by atoms with E-state index in [-0.39, 0.29) is 6.03 Å². The van der Waals surface area contributed by atoms with Crippen molar-refractivity contribution in [3.05, 3.63) is 58.9 Å². The standard InChI is InChI=1S/C19H26ClN3O/c1-4-21-19(24)23(12-15(2)3)14-17-9-7-11-22(17)13-16-8-5-6-10-18(16)20/h5-11,15H,4,12-14H2,1-3H3,(H,21,24). The van der Waals surface area contributed by atoms with Crippen LogP contribution in [0.5, 0.6) is 0 Å². The van der Waals surface area contributed by atoms with E-state index < -0.39 is 0 Å². The third kappa shape index (κ3) is 5.03. The number of urea groups is 1. The summed E-state index contributed by atoms with van der Waals surface area (Å²) in [5.41, 5.74) is 2.17. The van der Waals surface area contributed by atoms with Gasteiger partial charge in [-0.3, -0.25) is 0 Å². The molecule has 4 nitrogen and oxygen atoms in total. The van der Waals surface area contributed by atoms with Crippen molar-refractivity contribution in [2.45, 2.75) is 33.9 Å². The van der Waals surface area contributed by atoms with E-state index in [0.29, 0.717) is 25.6 Å². The summed E-state index contributed by atoms with van der Waals surface area (Å²) in [4.78, 5) is 14.2. The molecule has 0 bridgehead atoms. The number of benzene rings is 1. The fraction of sp³-hybridized carbons (Fsp3) is 0.421. The van der Waals surface area contributed by atoms with Crippen molar-refractivity contribution in [2.75, 3.05) is 13.1 Å². The quantitative estimate of drug-likeness (QED) is 0.793. The van der Waals surface area contributed by atoms with E-state index in [0.717, 1.165) is 22.8 Å². The smallest absolute Gasteiger partial charge is 0.317 e. The lowest BCUT2D eigenvalue weighted by Gasteiger charge is -2.25. The first kappa shape index (κ1) is 18.4. The Hall–Kier alpha value is -1.94. The Morgan fingerprint density at radius 3 is 2.67 bits per heavy atom. The molecule has 1 N–H and O–H groups in total. The first-order valence-electron chi connectivity index (χ1n) is 8.41. The molecule has 0 aliphatic carbocycles. The number of carbonyl (C=O) groups excluding carboxylic acids is 1. The van der Waals surface area contributed by atoms with Crippen molar-refractivity contribution >= 4 is 17.6 Å². The van der Waals surface area contributed by atoms with E-state index in [9.17, 15) is 4.79 Å². The Labute approximate surface area is 149 Å². The van der Waals surface area contributed by atoms with Gasteiger partial charge in [0.1, 0.15) is 0 Å². The highest BCUT2D eigenvalue weighted by molar-refractivity contribution is 6.31. The Balaban J connectivity index is 2.15. The van der Waals surface area contributed by atoms with Gasteiger partial charge in [0.05, 0.1) is 6.54 Å². The van der Waals surface area contributed by atoms with Crippen LogP contribution in [0, 0.1) is 5.92 Å². The molecule has 2 rings (SSSR count). The highest BCUT2D eigenvalue weighted by Gasteiger charge is 2.16. The number of halogens is 1. The van der Waals surface area contributed by atoms with Gasteiger partial charge in [-0.15, -0.1) is 0 Å². The lowest BCUT2D eigenvalue weighted by molar-refractivity contribution is 0.187. The normalized spacial score (nSPS) is 10.9. The number of aromatic nitrogens is 1. The van der Waals surface area contributed by atoms with Crippen molar-refractivity contribution in [1.29, 1.82) is 0 Å². The molecule has 0 aliphatic rings. The minimum atomic E-state index is -0.0170. The van der Waals surface area contributed by atoms with Crippen LogP contribution in [0.2, 0.25) is 5.02 Å². The van der Waals surface area contributed by atoms with Crippen LogP contribution in [-0.2, 0) is 13.1 Å². The van der Waals surface area contributed by atoms with Crippen molar-refractivity contribution in [3.63, 3.8) is 0 Å². The number of hydrogen-bond acceptors (Lipinski definition) is 1. The van der Waals surface area contributed by atoms with Crippen molar-refractivity contribution < 1.29 is 4.79 Å². The molecule has 2 aromatic rings. The first-order chi connectivity index (χ1) is 11.5. The third-order valence-electron chi connectivity index (χ3n) is 3.78. The van der Waals surface area contributed by atoms with Crippen LogP contribution in [0.3, 0.4) is 0 Å². The molecule has 0 atom stereocenters. The summed E-state index contributed by atoms with van der Waals surface area (Å²) in [7, 11) is 0. The summed E-state index contributed by atoms with van der Waals surface area (Å²) >= 11 is 6.27. The Bertz CT molecular complexity index is 666. The zero-order valence-corrected chi connectivity index (χ0v) is 15.4. The van der Waals surface area contributed by atoms with E-state index in [1.807, 2.05) is 48.4 Å². The second kappa shape index (κ2) is 8.78. The van der Waals surface area contributed by atoms with E-state index in [1.165, 1.54) is 0 Å². The topological polar surface area (TPSA) is 37.3 Å². The fourth-order valence-corrected chi connectivity index (χ4v) is 2.87. The molecule has 0 aliphatic heterocycles. The molecular formula is C19H26ClN3O. The predicted molar refractivity (Wildman–Crippen MR) is 99.3 cm³/mol. The number of nitrogens with zero attached hydrogens (tertiary/aromatic N) is 2. The van der Waals surface area contributed by atoms with Crippen molar-refractivity contribution in [1.82, 2.24) is 14.8 Å². The second-order valence-corrected chi connectivity index (χ2v) is 6.74. The van der Waals surface area contributed by atoms with Crippen LogP contribution < -0.4 is 5.32 Å². The van der Waals surface area contributed by atoms with Gasteiger partial charge in [-0.2, -0.15) is 0 Å². The van der Waals surface area contributed by atoms with Crippen LogP contribution >= 0.6 is 11.6 Å². The van der Waals surface area contributed by atoms with Gasteiger partial charge in [-0.05, 0) is 36.6 Å². The van der Waals surface area contributed by atoms with Crippen LogP contribution in [0.4, 0.5) is 4.79 Å². The van der Waals surface area contributed by atoms with Crippen LogP contribution in [0.25, 0.3) is 0 Å². The second-order valence-electron chi connectivity index (χ2n) is 6.33. The van der Waals surface area contributed by atoms with Gasteiger partial charge in [-0.25, -0.2) is 4.79 Å². The zero-order valence-electron chi connectivity index (χ0n) is 14.6. The summed E-state index contributed by atoms with van der Waals surface area (Å²) in [6.45, 7) is 8.82. The molecule has 130 valence electrons. The molecule has 0 saturated carbocycles. The van der Waals surface area contributed by atoms with Gasteiger partial charge in [-0.1, -0.05) is 43.6 Å². The molecule has 2 amide bonds. The highest BCUT2D eigenvalue weighted by atomic mass is 35.5. The van der Waals surface area contributed by atoms with E-state index >= 15 is 0 Å². The highest BCUT2D eigenvalue weighted by Crippen LogP contribution is 2.18. The van der Waals surface area contributed by atoms with Gasteiger partial charge < -0.3 is 14.8 Å². The number of rotatable bonds is 7. The Morgan fingerprint density at radius 1 is 1.25 bits per heavy atom. The summed E-state index contributed by atoms with van der Waals surface area (Å²) in [6.07, 6.45) is 2.03. The molecule has 0 unspecified atom stereocenters. The predicted octanol–water partition coefficient (Wildman–Crippen LogP) is 4.38. The maximum absolute atomic E-state index is 12.3. The lowest BCUT2D eigenvalue weighted by Crippen LogP contribution is -2.41. The summed E-state index contributed by atoms with van der Waals surface area (Å²) < 4.78 is 2.15. The molecule has 0 radical (unpaired) electrons. The molecule has 0 spiro atoms. The minimum Gasteiger partial charge on any atom is -0.345 e. The maximum atomic E-state index is 12.3. The SMILES string of the molecule is CCNC(=O)N(Cc1cccn1Cc1ccccc1Cl)CC(C)C. The number of nitrogens with one attached hydrogen (secondary N) is 1. The molecule has 0 saturated heterocycles. The third-order valence-corrected chi connectivity index (χ3v) is 4.14. The van der Waals surface area contributed by atoms with Gasteiger partial charge in [0.15, 0.2) is 0 Å². The average Bonchev–Trinajstić information content (AvgIpc) is 2.96. The first-order valence-corrected chi connectivity index (χ1v) is 8.79. The molecule has 5 heteroatoms. The van der Waals surface area contributed by atoms with Crippen LogP contribution in [0.1, 0.15) is 32.0 Å². The molecule has 1 heterocycles. The number of hydrogen-bond donors (Lipinski definition) is 1. The molecular weight excluding hydrogens is 322 g/mol. The molecule has 1 aromatic heterocycles. The summed E-state index contributed by atoms with van der Waals surface area (Å²) in [5.74, 6) is 0.416. The molecule has 1 aromatic carbocycles. The Kier molecular flexibility index (Phi) is 6.73. The maximum Gasteiger partial charge on any atom is 0.317 e. The van der Waals surface area contributed by atoms with E-state index in [2.05, 4.69) is 29.8 Å². The number of carbonyl (C=O) groups is 1. The van der Waals surface area contributed by atoms with Gasteiger partial charge in [0.2, 0.25) is 0 Å². The fourth-order valence-electron chi connectivity index (χ4n) is 2.68. The van der Waals surface area contributed by atoms with Crippen LogP contribution in [0.15, 0.2) is 42.6 Å². The zero-order chi connectivity index (χ0) is 17.5. The van der Waals surface area contributed by atoms with E-state index in [1.54, 1.807) is 0 Å². The van der Waals surface area contributed by atoms with Gasteiger partial charge in [0, 0.05) is 36.5 Å². The number of amides is 2. The van der Waals surface area contributed by atoms with E-state index in [4.69, 9.17) is 11.6 Å². The molecule has 24 heavy (non-hydrogen) atoms. The Morgan fingerprint density at radius 2 is 2.00 bits per heavy atom. The average molecular weight is 348 g/mol. The largest absolute Gasteiger partial charge is 0.345 e. The van der Waals surface area contributed by atoms with Gasteiger partial charge >= 0.3 is 6.03 Å². The monoisotopic (exact) mass is 347 g/mol. The summed E-state index contributed by atoms with van der Waals surface area (Å²) in [5, 5.41) is 3.66. The van der Waals surface area contributed by atoms with Crippen molar-refractivity contribution in [3.8, 4) is 0 Å².